The third kappa shape index (κ3) is 3.61. The van der Waals surface area contributed by atoms with E-state index in [4.69, 9.17) is 5.73 Å². The monoisotopic (exact) mass is 310 g/mol. The summed E-state index contributed by atoms with van der Waals surface area (Å²) < 4.78 is 2.02. The first-order valence-electron chi connectivity index (χ1n) is 7.63. The van der Waals surface area contributed by atoms with Crippen LogP contribution in [0.5, 0.6) is 0 Å². The summed E-state index contributed by atoms with van der Waals surface area (Å²) in [7, 11) is 2.00. The van der Waals surface area contributed by atoms with Crippen LogP contribution in [-0.4, -0.2) is 32.8 Å². The predicted molar refractivity (Wildman–Crippen MR) is 86.1 cm³/mol. The fraction of sp³-hybridized carbons (Fsp3) is 0.733. The fourth-order valence-corrected chi connectivity index (χ4v) is 4.34. The smallest absolute Gasteiger partial charge is 0.238 e. The summed E-state index contributed by atoms with van der Waals surface area (Å²) in [5, 5.41) is 4.48. The van der Waals surface area contributed by atoms with Crippen LogP contribution < -0.4 is 11.1 Å². The van der Waals surface area contributed by atoms with Gasteiger partial charge in [0.05, 0.1) is 0 Å². The quantitative estimate of drug-likeness (QED) is 0.755. The van der Waals surface area contributed by atoms with E-state index < -0.39 is 5.54 Å². The number of aryl methyl sites for hydroxylation is 1. The summed E-state index contributed by atoms with van der Waals surface area (Å²) in [5.41, 5.74) is 5.22. The summed E-state index contributed by atoms with van der Waals surface area (Å²) in [6.45, 7) is 4.14. The van der Waals surface area contributed by atoms with Crippen molar-refractivity contribution in [1.29, 1.82) is 0 Å². The molecule has 0 bridgehead atoms. The molecule has 0 aliphatic heterocycles. The maximum absolute atomic E-state index is 12.1. The number of carbonyl (C=O) groups excluding carboxylic acids is 1. The molecule has 1 aromatic rings. The van der Waals surface area contributed by atoms with Gasteiger partial charge in [0.1, 0.15) is 5.54 Å². The zero-order valence-corrected chi connectivity index (χ0v) is 13.9. The highest BCUT2D eigenvalue weighted by molar-refractivity contribution is 7.99. The number of thioether (sulfide) groups is 1. The normalized spacial score (nSPS) is 25.6. The van der Waals surface area contributed by atoms with Gasteiger partial charge in [0.2, 0.25) is 5.91 Å². The maximum Gasteiger partial charge on any atom is 0.238 e. The molecule has 1 aromatic heterocycles. The molecule has 0 spiro atoms. The van der Waals surface area contributed by atoms with E-state index in [1.807, 2.05) is 24.0 Å². The van der Waals surface area contributed by atoms with Gasteiger partial charge in [0.15, 0.2) is 5.16 Å². The average Bonchev–Trinajstić information content (AvgIpc) is 2.97. The van der Waals surface area contributed by atoms with E-state index in [9.17, 15) is 4.79 Å². The predicted octanol–water partition coefficient (Wildman–Crippen LogP) is 1.92. The Kier molecular flexibility index (Phi) is 5.32. The third-order valence-corrected chi connectivity index (χ3v) is 5.37. The van der Waals surface area contributed by atoms with Crippen molar-refractivity contribution in [3.05, 3.63) is 12.4 Å². The second-order valence-electron chi connectivity index (χ2n) is 6.18. The molecule has 21 heavy (non-hydrogen) atoms. The number of amides is 1. The van der Waals surface area contributed by atoms with Crippen molar-refractivity contribution >= 4 is 17.7 Å². The van der Waals surface area contributed by atoms with E-state index in [1.165, 1.54) is 0 Å². The van der Waals surface area contributed by atoms with Gasteiger partial charge >= 0.3 is 0 Å². The van der Waals surface area contributed by atoms with Gasteiger partial charge in [-0.15, -0.1) is 0 Å². The van der Waals surface area contributed by atoms with Crippen molar-refractivity contribution in [2.24, 2.45) is 18.7 Å². The summed E-state index contributed by atoms with van der Waals surface area (Å²) in [6.07, 6.45) is 7.75. The van der Waals surface area contributed by atoms with Crippen LogP contribution in [0.1, 0.15) is 39.5 Å². The van der Waals surface area contributed by atoms with Crippen LogP contribution in [-0.2, 0) is 11.8 Å². The van der Waals surface area contributed by atoms with E-state index in [2.05, 4.69) is 24.1 Å². The molecular formula is C15H26N4OS. The number of rotatable bonds is 7. The van der Waals surface area contributed by atoms with Crippen LogP contribution in [0.25, 0.3) is 0 Å². The van der Waals surface area contributed by atoms with Crippen molar-refractivity contribution in [1.82, 2.24) is 14.9 Å². The van der Waals surface area contributed by atoms with Crippen LogP contribution in [0.2, 0.25) is 0 Å². The second kappa shape index (κ2) is 6.83. The largest absolute Gasteiger partial charge is 0.368 e. The minimum absolute atomic E-state index is 0.194. The summed E-state index contributed by atoms with van der Waals surface area (Å²) in [4.78, 5) is 16.4. The Hall–Kier alpha value is -1.01. The van der Waals surface area contributed by atoms with Gasteiger partial charge in [-0.2, -0.15) is 0 Å². The first-order chi connectivity index (χ1) is 9.95. The third-order valence-electron chi connectivity index (χ3n) is 4.28. The Labute approximate surface area is 131 Å². The zero-order chi connectivity index (χ0) is 15.5. The lowest BCUT2D eigenvalue weighted by Crippen LogP contribution is -2.60. The van der Waals surface area contributed by atoms with Gasteiger partial charge < -0.3 is 15.6 Å². The highest BCUT2D eigenvalue weighted by atomic mass is 32.2. The Morgan fingerprint density at radius 2 is 2.43 bits per heavy atom. The number of aromatic nitrogens is 2. The highest BCUT2D eigenvalue weighted by Crippen LogP contribution is 2.39. The van der Waals surface area contributed by atoms with Gasteiger partial charge in [0, 0.05) is 31.2 Å². The number of carbonyl (C=O) groups is 1. The zero-order valence-electron chi connectivity index (χ0n) is 13.1. The molecule has 1 amide bonds. The summed E-state index contributed by atoms with van der Waals surface area (Å²) in [6, 6.07) is 0.264. The molecule has 1 aliphatic rings. The van der Waals surface area contributed by atoms with Gasteiger partial charge in [-0.1, -0.05) is 18.2 Å². The Bertz CT molecular complexity index is 488. The van der Waals surface area contributed by atoms with Crippen molar-refractivity contribution < 1.29 is 4.79 Å². The number of nitrogens with zero attached hydrogens (tertiary/aromatic N) is 2. The van der Waals surface area contributed by atoms with Crippen LogP contribution in [0.3, 0.4) is 0 Å². The second-order valence-corrected chi connectivity index (χ2v) is 7.24. The van der Waals surface area contributed by atoms with Crippen molar-refractivity contribution in [3.8, 4) is 0 Å². The summed E-state index contributed by atoms with van der Waals surface area (Å²) >= 11 is 1.74. The molecule has 0 saturated heterocycles. The molecule has 2 rings (SSSR count). The van der Waals surface area contributed by atoms with Crippen LogP contribution in [0.4, 0.5) is 0 Å². The first-order valence-corrected chi connectivity index (χ1v) is 8.62. The molecule has 6 heteroatoms. The lowest BCUT2D eigenvalue weighted by atomic mass is 9.83. The van der Waals surface area contributed by atoms with E-state index >= 15 is 0 Å². The molecule has 5 nitrogen and oxygen atoms in total. The number of nitrogens with two attached hydrogens (primary N) is 1. The Balaban J connectivity index is 1.97. The topological polar surface area (TPSA) is 72.9 Å². The molecule has 1 fully saturated rings. The lowest BCUT2D eigenvalue weighted by Gasteiger charge is -2.35. The van der Waals surface area contributed by atoms with Gasteiger partial charge in [-0.3, -0.25) is 4.79 Å². The molecular weight excluding hydrogens is 284 g/mol. The van der Waals surface area contributed by atoms with Crippen LogP contribution in [0, 0.1) is 5.92 Å². The molecule has 2 atom stereocenters. The molecule has 1 heterocycles. The van der Waals surface area contributed by atoms with E-state index in [-0.39, 0.29) is 11.9 Å². The minimum atomic E-state index is -0.517. The van der Waals surface area contributed by atoms with Gasteiger partial charge in [-0.05, 0) is 39.0 Å². The van der Waals surface area contributed by atoms with E-state index in [0.29, 0.717) is 5.92 Å². The van der Waals surface area contributed by atoms with Crippen molar-refractivity contribution in [3.63, 3.8) is 0 Å². The molecule has 2 unspecified atom stereocenters. The number of hydrogen-bond donors (Lipinski definition) is 2. The maximum atomic E-state index is 12.1. The van der Waals surface area contributed by atoms with Crippen molar-refractivity contribution in [2.45, 2.75) is 56.3 Å². The molecule has 118 valence electrons. The molecule has 1 saturated carbocycles. The molecule has 1 aliphatic carbocycles. The molecule has 0 aromatic carbocycles. The number of nitrogens with one attached hydrogen (secondary N) is 1. The number of primary amides is 1. The van der Waals surface area contributed by atoms with Crippen LogP contribution >= 0.6 is 11.8 Å². The lowest BCUT2D eigenvalue weighted by molar-refractivity contribution is -0.126. The van der Waals surface area contributed by atoms with E-state index in [0.717, 1.165) is 36.6 Å². The minimum Gasteiger partial charge on any atom is -0.368 e. The number of hydrogen-bond acceptors (Lipinski definition) is 4. The van der Waals surface area contributed by atoms with Gasteiger partial charge in [0.25, 0.3) is 0 Å². The van der Waals surface area contributed by atoms with Crippen LogP contribution in [0.15, 0.2) is 17.6 Å². The standard InChI is InChI=1S/C15H26N4OS/c1-11(2)18-15(13(16)20)7-4-5-12(15)6-10-21-14-17-8-9-19(14)3/h8-9,11-12,18H,4-7,10H2,1-3H3,(H2,16,20). The molecule has 3 N–H and O–H groups in total. The summed E-state index contributed by atoms with van der Waals surface area (Å²) in [5.74, 6) is 1.09. The first kappa shape index (κ1) is 16.4. The fourth-order valence-electron chi connectivity index (χ4n) is 3.35. The van der Waals surface area contributed by atoms with E-state index in [1.54, 1.807) is 11.8 Å². The van der Waals surface area contributed by atoms with Crippen molar-refractivity contribution in [2.75, 3.05) is 5.75 Å². The average molecular weight is 310 g/mol. The highest BCUT2D eigenvalue weighted by Gasteiger charge is 2.47. The Morgan fingerprint density at radius 3 is 3.00 bits per heavy atom. The van der Waals surface area contributed by atoms with Gasteiger partial charge in [-0.25, -0.2) is 4.98 Å². The Morgan fingerprint density at radius 1 is 1.67 bits per heavy atom. The molecule has 0 radical (unpaired) electrons. The number of imidazole rings is 1. The SMILES string of the molecule is CC(C)NC1(C(N)=O)CCCC1CCSc1nccn1C.